The van der Waals surface area contributed by atoms with E-state index in [1.807, 2.05) is 6.92 Å². The predicted molar refractivity (Wildman–Crippen MR) is 41.7 cm³/mol. The van der Waals surface area contributed by atoms with E-state index in [9.17, 15) is 0 Å². The molecule has 0 unspecified atom stereocenters. The fraction of sp³-hybridized carbons (Fsp3) is 0.429. The normalized spacial score (nSPS) is 13.7. The highest BCUT2D eigenvalue weighted by atomic mass is 32.1. The zero-order valence-electron chi connectivity index (χ0n) is 5.72. The van der Waals surface area contributed by atoms with Crippen LogP contribution in [0.2, 0.25) is 0 Å². The molecule has 0 amide bonds. The van der Waals surface area contributed by atoms with Gasteiger partial charge < -0.3 is 5.73 Å². The molecule has 2 heteroatoms. The monoisotopic (exact) mass is 141 g/mol. The van der Waals surface area contributed by atoms with Gasteiger partial charge in [0.1, 0.15) is 0 Å². The lowest BCUT2D eigenvalue weighted by atomic mass is 10.2. The third-order valence-electron chi connectivity index (χ3n) is 1.32. The Bertz CT molecular complexity index is 191. The molecule has 1 heterocycles. The van der Waals surface area contributed by atoms with E-state index in [0.29, 0.717) is 0 Å². The van der Waals surface area contributed by atoms with Gasteiger partial charge >= 0.3 is 0 Å². The Morgan fingerprint density at radius 1 is 1.67 bits per heavy atom. The molecule has 0 aliphatic carbocycles. The molecular formula is C7H11NS. The molecule has 1 rings (SSSR count). The molecule has 0 spiro atoms. The van der Waals surface area contributed by atoms with Gasteiger partial charge in [-0.05, 0) is 30.9 Å². The quantitative estimate of drug-likeness (QED) is 0.636. The Kier molecular flexibility index (Phi) is 1.88. The molecule has 0 bridgehead atoms. The maximum atomic E-state index is 5.67. The molecule has 1 aromatic heterocycles. The Morgan fingerprint density at radius 3 is 2.56 bits per heavy atom. The van der Waals surface area contributed by atoms with Crippen LogP contribution in [0, 0.1) is 6.92 Å². The summed E-state index contributed by atoms with van der Waals surface area (Å²) in [6.07, 6.45) is 0. The van der Waals surface area contributed by atoms with Gasteiger partial charge in [0.05, 0.1) is 0 Å². The minimum absolute atomic E-state index is 0.199. The van der Waals surface area contributed by atoms with Crippen molar-refractivity contribution in [2.24, 2.45) is 5.73 Å². The first-order chi connectivity index (χ1) is 4.22. The van der Waals surface area contributed by atoms with Crippen LogP contribution in [0.4, 0.5) is 0 Å². The zero-order chi connectivity index (χ0) is 6.85. The van der Waals surface area contributed by atoms with E-state index in [1.165, 1.54) is 10.4 Å². The van der Waals surface area contributed by atoms with Crippen LogP contribution < -0.4 is 5.73 Å². The summed E-state index contributed by atoms with van der Waals surface area (Å²) >= 11 is 1.73. The third kappa shape index (κ3) is 1.32. The average Bonchev–Trinajstić information content (AvgIpc) is 2.13. The smallest absolute Gasteiger partial charge is 0.0363 e. The number of rotatable bonds is 1. The second-order valence-corrected chi connectivity index (χ2v) is 3.20. The van der Waals surface area contributed by atoms with Gasteiger partial charge in [-0.15, -0.1) is 11.3 Å². The highest BCUT2D eigenvalue weighted by molar-refractivity contribution is 7.10. The summed E-state index contributed by atoms with van der Waals surface area (Å²) in [6.45, 7) is 4.11. The molecule has 1 atom stereocenters. The van der Waals surface area contributed by atoms with Crippen LogP contribution in [0.25, 0.3) is 0 Å². The van der Waals surface area contributed by atoms with Crippen molar-refractivity contribution in [3.63, 3.8) is 0 Å². The first-order valence-corrected chi connectivity index (χ1v) is 3.89. The Labute approximate surface area is 59.5 Å². The van der Waals surface area contributed by atoms with Crippen LogP contribution in [0.3, 0.4) is 0 Å². The number of hydrogen-bond acceptors (Lipinski definition) is 2. The van der Waals surface area contributed by atoms with Crippen molar-refractivity contribution in [3.05, 3.63) is 21.9 Å². The van der Waals surface area contributed by atoms with Crippen LogP contribution >= 0.6 is 11.3 Å². The topological polar surface area (TPSA) is 26.0 Å². The largest absolute Gasteiger partial charge is 0.323 e. The average molecular weight is 141 g/mol. The second kappa shape index (κ2) is 2.50. The van der Waals surface area contributed by atoms with Crippen molar-refractivity contribution in [2.45, 2.75) is 19.9 Å². The van der Waals surface area contributed by atoms with Gasteiger partial charge in [0.2, 0.25) is 0 Å². The molecule has 50 valence electrons. The van der Waals surface area contributed by atoms with Crippen molar-refractivity contribution >= 4 is 11.3 Å². The summed E-state index contributed by atoms with van der Waals surface area (Å²) in [5.41, 5.74) is 6.98. The summed E-state index contributed by atoms with van der Waals surface area (Å²) in [5, 5.41) is 2.08. The maximum Gasteiger partial charge on any atom is 0.0363 e. The second-order valence-electron chi connectivity index (χ2n) is 2.26. The molecule has 0 saturated heterocycles. The van der Waals surface area contributed by atoms with E-state index in [0.717, 1.165) is 0 Å². The van der Waals surface area contributed by atoms with Gasteiger partial charge in [-0.1, -0.05) is 0 Å². The lowest BCUT2D eigenvalue weighted by Crippen LogP contribution is -2.03. The zero-order valence-corrected chi connectivity index (χ0v) is 6.53. The molecule has 2 N–H and O–H groups in total. The van der Waals surface area contributed by atoms with Gasteiger partial charge in [0.15, 0.2) is 0 Å². The SMILES string of the molecule is Cc1ccsc1[C@H](C)N. The van der Waals surface area contributed by atoms with E-state index >= 15 is 0 Å². The van der Waals surface area contributed by atoms with E-state index < -0.39 is 0 Å². The summed E-state index contributed by atoms with van der Waals surface area (Å²) in [4.78, 5) is 1.30. The number of nitrogens with two attached hydrogens (primary N) is 1. The number of hydrogen-bond donors (Lipinski definition) is 1. The number of aryl methyl sites for hydroxylation is 1. The lowest BCUT2D eigenvalue weighted by molar-refractivity contribution is 0.831. The van der Waals surface area contributed by atoms with E-state index in [2.05, 4.69) is 18.4 Å². The van der Waals surface area contributed by atoms with Gasteiger partial charge in [-0.2, -0.15) is 0 Å². The maximum absolute atomic E-state index is 5.67. The van der Waals surface area contributed by atoms with Crippen LogP contribution in [-0.4, -0.2) is 0 Å². The van der Waals surface area contributed by atoms with Crippen molar-refractivity contribution in [3.8, 4) is 0 Å². The standard InChI is InChI=1S/C7H11NS/c1-5-3-4-9-7(5)6(2)8/h3-4,6H,8H2,1-2H3/t6-/m0/s1. The molecular weight excluding hydrogens is 130 g/mol. The van der Waals surface area contributed by atoms with E-state index in [1.54, 1.807) is 11.3 Å². The fourth-order valence-corrected chi connectivity index (χ4v) is 1.74. The van der Waals surface area contributed by atoms with E-state index in [-0.39, 0.29) is 6.04 Å². The third-order valence-corrected chi connectivity index (χ3v) is 2.54. The minimum Gasteiger partial charge on any atom is -0.323 e. The summed E-state index contributed by atoms with van der Waals surface area (Å²) < 4.78 is 0. The molecule has 0 aromatic carbocycles. The molecule has 0 saturated carbocycles. The van der Waals surface area contributed by atoms with Crippen LogP contribution in [0.5, 0.6) is 0 Å². The molecule has 9 heavy (non-hydrogen) atoms. The molecule has 0 radical (unpaired) electrons. The molecule has 0 fully saturated rings. The molecule has 0 aliphatic heterocycles. The minimum atomic E-state index is 0.199. The summed E-state index contributed by atoms with van der Waals surface area (Å²) in [7, 11) is 0. The van der Waals surface area contributed by atoms with Gasteiger partial charge in [-0.25, -0.2) is 0 Å². The Morgan fingerprint density at radius 2 is 2.33 bits per heavy atom. The molecule has 1 nitrogen and oxygen atoms in total. The van der Waals surface area contributed by atoms with Crippen LogP contribution in [-0.2, 0) is 0 Å². The van der Waals surface area contributed by atoms with Crippen LogP contribution in [0.15, 0.2) is 11.4 Å². The van der Waals surface area contributed by atoms with Crippen molar-refractivity contribution in [1.29, 1.82) is 0 Å². The van der Waals surface area contributed by atoms with Crippen molar-refractivity contribution < 1.29 is 0 Å². The van der Waals surface area contributed by atoms with Crippen molar-refractivity contribution in [1.82, 2.24) is 0 Å². The summed E-state index contributed by atoms with van der Waals surface area (Å²) in [5.74, 6) is 0. The Hall–Kier alpha value is -0.340. The van der Waals surface area contributed by atoms with Gasteiger partial charge in [-0.3, -0.25) is 0 Å². The fourth-order valence-electron chi connectivity index (χ4n) is 0.851. The summed E-state index contributed by atoms with van der Waals surface area (Å²) in [6, 6.07) is 2.30. The highest BCUT2D eigenvalue weighted by Crippen LogP contribution is 2.20. The molecule has 0 aliphatic rings. The lowest BCUT2D eigenvalue weighted by Gasteiger charge is -2.00. The van der Waals surface area contributed by atoms with Crippen LogP contribution in [0.1, 0.15) is 23.4 Å². The van der Waals surface area contributed by atoms with Gasteiger partial charge in [0.25, 0.3) is 0 Å². The van der Waals surface area contributed by atoms with E-state index in [4.69, 9.17) is 5.73 Å². The van der Waals surface area contributed by atoms with Gasteiger partial charge in [0, 0.05) is 10.9 Å². The number of thiophene rings is 1. The first kappa shape index (κ1) is 6.78. The Balaban J connectivity index is 2.94. The molecule has 1 aromatic rings. The highest BCUT2D eigenvalue weighted by Gasteiger charge is 2.02. The first-order valence-electron chi connectivity index (χ1n) is 3.01. The predicted octanol–water partition coefficient (Wildman–Crippen LogP) is 2.08. The van der Waals surface area contributed by atoms with Crippen molar-refractivity contribution in [2.75, 3.05) is 0 Å².